The lowest BCUT2D eigenvalue weighted by molar-refractivity contribution is 0.419. The first-order valence-electron chi connectivity index (χ1n) is 5.50. The van der Waals surface area contributed by atoms with Crippen molar-refractivity contribution in [2.75, 3.05) is 13.7 Å². The number of nitrogens with zero attached hydrogens (tertiary/aromatic N) is 1. The van der Waals surface area contributed by atoms with Crippen molar-refractivity contribution >= 4 is 22.5 Å². The van der Waals surface area contributed by atoms with Crippen LogP contribution < -0.4 is 10.5 Å². The highest BCUT2D eigenvalue weighted by molar-refractivity contribution is 6.35. The second kappa shape index (κ2) is 4.90. The first kappa shape index (κ1) is 12.1. The second-order valence-corrected chi connectivity index (χ2v) is 4.32. The molecule has 0 aliphatic rings. The average molecular weight is 251 g/mol. The van der Waals surface area contributed by atoms with Gasteiger partial charge in [0.15, 0.2) is 0 Å². The molecule has 2 rings (SSSR count). The molecule has 0 aliphatic carbocycles. The number of hydrogen-bond donors (Lipinski definition) is 1. The Morgan fingerprint density at radius 3 is 2.82 bits per heavy atom. The molecular weight excluding hydrogens is 236 g/mol. The Hall–Kier alpha value is -1.32. The van der Waals surface area contributed by atoms with Gasteiger partial charge in [-0.05, 0) is 43.7 Å². The van der Waals surface area contributed by atoms with Gasteiger partial charge in [0, 0.05) is 11.1 Å². The Bertz CT molecular complexity index is 555. The van der Waals surface area contributed by atoms with Gasteiger partial charge >= 0.3 is 0 Å². The van der Waals surface area contributed by atoms with Crippen LogP contribution in [0.25, 0.3) is 10.9 Å². The first-order valence-corrected chi connectivity index (χ1v) is 5.88. The van der Waals surface area contributed by atoms with Crippen LogP contribution in [0.1, 0.15) is 11.3 Å². The molecule has 17 heavy (non-hydrogen) atoms. The lowest BCUT2D eigenvalue weighted by atomic mass is 10.1. The SMILES string of the molecule is COc1ccc(Cl)c2cc(CCN)c(C)nc12. The molecule has 2 N–H and O–H groups in total. The highest BCUT2D eigenvalue weighted by atomic mass is 35.5. The summed E-state index contributed by atoms with van der Waals surface area (Å²) in [4.78, 5) is 4.56. The molecule has 0 unspecified atom stereocenters. The molecule has 0 aliphatic heterocycles. The number of halogens is 1. The fourth-order valence-corrected chi connectivity index (χ4v) is 2.11. The molecule has 1 aromatic carbocycles. The Labute approximate surface area is 106 Å². The summed E-state index contributed by atoms with van der Waals surface area (Å²) >= 11 is 6.18. The molecule has 1 heterocycles. The van der Waals surface area contributed by atoms with Gasteiger partial charge in [-0.15, -0.1) is 0 Å². The summed E-state index contributed by atoms with van der Waals surface area (Å²) in [5.41, 5.74) is 8.50. The van der Waals surface area contributed by atoms with Gasteiger partial charge in [0.25, 0.3) is 0 Å². The smallest absolute Gasteiger partial charge is 0.145 e. The third-order valence-electron chi connectivity index (χ3n) is 2.82. The van der Waals surface area contributed by atoms with Crippen molar-refractivity contribution in [2.45, 2.75) is 13.3 Å². The standard InChI is InChI=1S/C13H15ClN2O/c1-8-9(5-6-15)7-10-11(14)3-4-12(17-2)13(10)16-8/h3-4,7H,5-6,15H2,1-2H3. The quantitative estimate of drug-likeness (QED) is 0.911. The van der Waals surface area contributed by atoms with Crippen molar-refractivity contribution in [3.8, 4) is 5.75 Å². The van der Waals surface area contributed by atoms with Crippen LogP contribution in [0.5, 0.6) is 5.75 Å². The van der Waals surface area contributed by atoms with E-state index in [0.717, 1.165) is 34.3 Å². The van der Waals surface area contributed by atoms with Crippen molar-refractivity contribution in [2.24, 2.45) is 5.73 Å². The van der Waals surface area contributed by atoms with Gasteiger partial charge in [0.2, 0.25) is 0 Å². The molecule has 0 bridgehead atoms. The van der Waals surface area contributed by atoms with Crippen molar-refractivity contribution in [3.63, 3.8) is 0 Å². The molecular formula is C13H15ClN2O. The van der Waals surface area contributed by atoms with Crippen LogP contribution >= 0.6 is 11.6 Å². The van der Waals surface area contributed by atoms with Gasteiger partial charge in [-0.3, -0.25) is 0 Å². The molecule has 1 aromatic heterocycles. The molecule has 0 saturated carbocycles. The lowest BCUT2D eigenvalue weighted by Gasteiger charge is -2.10. The topological polar surface area (TPSA) is 48.1 Å². The number of aromatic nitrogens is 1. The summed E-state index contributed by atoms with van der Waals surface area (Å²) in [6, 6.07) is 5.71. The van der Waals surface area contributed by atoms with Gasteiger partial charge in [-0.2, -0.15) is 0 Å². The monoisotopic (exact) mass is 250 g/mol. The maximum atomic E-state index is 6.18. The Morgan fingerprint density at radius 1 is 1.41 bits per heavy atom. The molecule has 3 nitrogen and oxygen atoms in total. The Kier molecular flexibility index (Phi) is 3.50. The van der Waals surface area contributed by atoms with Crippen LogP contribution in [-0.2, 0) is 6.42 Å². The zero-order valence-electron chi connectivity index (χ0n) is 9.96. The average Bonchev–Trinajstić information content (AvgIpc) is 2.32. The Morgan fingerprint density at radius 2 is 2.18 bits per heavy atom. The zero-order chi connectivity index (χ0) is 12.4. The van der Waals surface area contributed by atoms with Crippen molar-refractivity contribution in [1.29, 1.82) is 0 Å². The van der Waals surface area contributed by atoms with Crippen molar-refractivity contribution in [1.82, 2.24) is 4.98 Å². The summed E-state index contributed by atoms with van der Waals surface area (Å²) in [7, 11) is 1.63. The third kappa shape index (κ3) is 2.21. The van der Waals surface area contributed by atoms with Crippen LogP contribution in [0.3, 0.4) is 0 Å². The number of rotatable bonds is 3. The fourth-order valence-electron chi connectivity index (χ4n) is 1.91. The van der Waals surface area contributed by atoms with Gasteiger partial charge in [-0.1, -0.05) is 11.6 Å². The Balaban J connectivity index is 2.72. The van der Waals surface area contributed by atoms with Crippen molar-refractivity contribution in [3.05, 3.63) is 34.5 Å². The van der Waals surface area contributed by atoms with E-state index in [1.165, 1.54) is 0 Å². The van der Waals surface area contributed by atoms with E-state index in [9.17, 15) is 0 Å². The number of methoxy groups -OCH3 is 1. The number of nitrogens with two attached hydrogens (primary N) is 1. The summed E-state index contributed by atoms with van der Waals surface area (Å²) in [5.74, 6) is 0.742. The maximum Gasteiger partial charge on any atom is 0.145 e. The second-order valence-electron chi connectivity index (χ2n) is 3.92. The normalized spacial score (nSPS) is 10.8. The van der Waals surface area contributed by atoms with E-state index in [1.54, 1.807) is 7.11 Å². The summed E-state index contributed by atoms with van der Waals surface area (Å²) in [6.45, 7) is 2.58. The van der Waals surface area contributed by atoms with E-state index in [1.807, 2.05) is 19.1 Å². The highest BCUT2D eigenvalue weighted by Gasteiger charge is 2.10. The maximum absolute atomic E-state index is 6.18. The van der Waals surface area contributed by atoms with Crippen LogP contribution in [0, 0.1) is 6.92 Å². The molecule has 0 fully saturated rings. The predicted octanol–water partition coefficient (Wildman–Crippen LogP) is 2.71. The molecule has 0 radical (unpaired) electrons. The van der Waals surface area contributed by atoms with Gasteiger partial charge < -0.3 is 10.5 Å². The number of benzene rings is 1. The number of fused-ring (bicyclic) bond motifs is 1. The van der Waals surface area contributed by atoms with E-state index in [4.69, 9.17) is 22.1 Å². The number of ether oxygens (including phenoxy) is 1. The minimum Gasteiger partial charge on any atom is -0.494 e. The van der Waals surface area contributed by atoms with Crippen LogP contribution in [-0.4, -0.2) is 18.6 Å². The van der Waals surface area contributed by atoms with Gasteiger partial charge in [0.1, 0.15) is 11.3 Å². The molecule has 0 amide bonds. The van der Waals surface area contributed by atoms with E-state index >= 15 is 0 Å². The van der Waals surface area contributed by atoms with E-state index in [-0.39, 0.29) is 0 Å². The molecule has 0 saturated heterocycles. The predicted molar refractivity (Wildman–Crippen MR) is 70.8 cm³/mol. The van der Waals surface area contributed by atoms with E-state index < -0.39 is 0 Å². The van der Waals surface area contributed by atoms with Crippen LogP contribution in [0.4, 0.5) is 0 Å². The molecule has 2 aromatic rings. The van der Waals surface area contributed by atoms with Crippen LogP contribution in [0.15, 0.2) is 18.2 Å². The molecule has 0 spiro atoms. The highest BCUT2D eigenvalue weighted by Crippen LogP contribution is 2.31. The largest absolute Gasteiger partial charge is 0.494 e. The van der Waals surface area contributed by atoms with Crippen molar-refractivity contribution < 1.29 is 4.74 Å². The van der Waals surface area contributed by atoms with Gasteiger partial charge in [-0.25, -0.2) is 4.98 Å². The number of aryl methyl sites for hydroxylation is 1. The summed E-state index contributed by atoms with van der Waals surface area (Å²) in [6.07, 6.45) is 0.808. The van der Waals surface area contributed by atoms with E-state index in [2.05, 4.69) is 11.1 Å². The summed E-state index contributed by atoms with van der Waals surface area (Å²) in [5, 5.41) is 1.60. The minimum absolute atomic E-state index is 0.607. The number of pyridine rings is 1. The van der Waals surface area contributed by atoms with Crippen LogP contribution in [0.2, 0.25) is 5.02 Å². The zero-order valence-corrected chi connectivity index (χ0v) is 10.7. The molecule has 90 valence electrons. The summed E-state index contributed by atoms with van der Waals surface area (Å²) < 4.78 is 5.29. The lowest BCUT2D eigenvalue weighted by Crippen LogP contribution is -2.05. The minimum atomic E-state index is 0.607. The van der Waals surface area contributed by atoms with Gasteiger partial charge in [0.05, 0.1) is 12.1 Å². The molecule has 0 atom stereocenters. The third-order valence-corrected chi connectivity index (χ3v) is 3.15. The first-order chi connectivity index (χ1) is 8.17. The van der Waals surface area contributed by atoms with E-state index in [0.29, 0.717) is 11.6 Å². The molecule has 4 heteroatoms. The fraction of sp³-hybridized carbons (Fsp3) is 0.308. The number of hydrogen-bond acceptors (Lipinski definition) is 3.